The topological polar surface area (TPSA) is 49.0 Å². The van der Waals surface area contributed by atoms with E-state index in [1.807, 2.05) is 0 Å². The first-order valence-electron chi connectivity index (χ1n) is 5.26. The van der Waals surface area contributed by atoms with Gasteiger partial charge in [-0.2, -0.15) is 0 Å². The Balaban J connectivity index is 2.14. The van der Waals surface area contributed by atoms with E-state index < -0.39 is 0 Å². The van der Waals surface area contributed by atoms with E-state index in [2.05, 4.69) is 53.4 Å². The van der Waals surface area contributed by atoms with E-state index in [0.717, 1.165) is 43.0 Å². The quantitative estimate of drug-likeness (QED) is 0.613. The summed E-state index contributed by atoms with van der Waals surface area (Å²) in [6.45, 7) is 1.98. The van der Waals surface area contributed by atoms with Gasteiger partial charge in [0.1, 0.15) is 9.39 Å². The van der Waals surface area contributed by atoms with Crippen molar-refractivity contribution in [3.63, 3.8) is 0 Å². The van der Waals surface area contributed by atoms with Gasteiger partial charge in [-0.3, -0.25) is 4.79 Å². The molecule has 0 unspecified atom stereocenters. The second kappa shape index (κ2) is 5.48. The first-order valence-corrected chi connectivity index (χ1v) is 7.46. The van der Waals surface area contributed by atoms with E-state index >= 15 is 0 Å². The lowest BCUT2D eigenvalue weighted by atomic mass is 9.99. The van der Waals surface area contributed by atoms with Gasteiger partial charge in [-0.15, -0.1) is 0 Å². The minimum absolute atomic E-state index is 0.0479. The number of hydrogen-bond acceptors (Lipinski definition) is 3. The first kappa shape index (κ1) is 12.3. The Morgan fingerprint density at radius 1 is 1.56 bits per heavy atom. The Labute approximate surface area is 116 Å². The number of hydrogen-bond donors (Lipinski definition) is 1. The van der Waals surface area contributed by atoms with Gasteiger partial charge < -0.3 is 9.88 Å². The van der Waals surface area contributed by atoms with Crippen LogP contribution in [0.2, 0.25) is 0 Å². The van der Waals surface area contributed by atoms with Crippen molar-refractivity contribution in [2.45, 2.75) is 12.8 Å². The predicted octanol–water partition coefficient (Wildman–Crippen LogP) is 1.99. The zero-order chi connectivity index (χ0) is 11.5. The minimum Gasteiger partial charge on any atom is -0.356 e. The summed E-state index contributed by atoms with van der Waals surface area (Å²) in [4.78, 5) is 20.5. The van der Waals surface area contributed by atoms with Crippen molar-refractivity contribution in [1.82, 2.24) is 9.97 Å². The van der Waals surface area contributed by atoms with Crippen molar-refractivity contribution in [3.05, 3.63) is 20.3 Å². The number of H-pyrrole nitrogens is 1. The third kappa shape index (κ3) is 2.58. The zero-order valence-electron chi connectivity index (χ0n) is 8.75. The average Bonchev–Trinajstić information content (AvgIpc) is 2.33. The number of halogens is 2. The molecule has 1 fully saturated rings. The van der Waals surface area contributed by atoms with Gasteiger partial charge in [0.15, 0.2) is 0 Å². The smallest absolute Gasteiger partial charge is 0.266 e. The fraction of sp³-hybridized carbons (Fsp3) is 0.600. The Morgan fingerprint density at radius 3 is 2.88 bits per heavy atom. The third-order valence-electron chi connectivity index (χ3n) is 2.91. The first-order chi connectivity index (χ1) is 7.72. The van der Waals surface area contributed by atoms with Crippen molar-refractivity contribution in [2.75, 3.05) is 23.3 Å². The van der Waals surface area contributed by atoms with Gasteiger partial charge in [0.2, 0.25) is 0 Å². The normalized spacial score (nSPS) is 17.8. The number of aromatic amines is 1. The highest BCUT2D eigenvalue weighted by atomic mass is 127. The molecule has 0 saturated carbocycles. The Hall–Kier alpha value is -0.110. The van der Waals surface area contributed by atoms with Crippen LogP contribution in [0.25, 0.3) is 0 Å². The Morgan fingerprint density at radius 2 is 2.25 bits per heavy atom. The molecule has 4 nitrogen and oxygen atoms in total. The maximum Gasteiger partial charge on any atom is 0.266 e. The van der Waals surface area contributed by atoms with Gasteiger partial charge in [-0.25, -0.2) is 4.98 Å². The van der Waals surface area contributed by atoms with Crippen molar-refractivity contribution in [3.8, 4) is 0 Å². The van der Waals surface area contributed by atoms with Crippen LogP contribution >= 0.6 is 38.5 Å². The predicted molar refractivity (Wildman–Crippen MR) is 76.3 cm³/mol. The molecule has 16 heavy (non-hydrogen) atoms. The SMILES string of the molecule is O=c1[nH]cnc(N2CCC(CBr)CC2)c1I. The maximum absolute atomic E-state index is 11.5. The highest BCUT2D eigenvalue weighted by molar-refractivity contribution is 14.1. The molecule has 0 spiro atoms. The number of anilines is 1. The van der Waals surface area contributed by atoms with Crippen molar-refractivity contribution >= 4 is 44.3 Å². The molecule has 1 N–H and O–H groups in total. The highest BCUT2D eigenvalue weighted by Gasteiger charge is 2.21. The molecule has 1 aromatic rings. The van der Waals surface area contributed by atoms with E-state index in [4.69, 9.17) is 0 Å². The molecular formula is C10H13BrIN3O. The summed E-state index contributed by atoms with van der Waals surface area (Å²) in [5.74, 6) is 1.59. The zero-order valence-corrected chi connectivity index (χ0v) is 12.5. The Bertz CT molecular complexity index is 415. The summed E-state index contributed by atoms with van der Waals surface area (Å²) in [7, 11) is 0. The summed E-state index contributed by atoms with van der Waals surface area (Å²) >= 11 is 5.59. The molecule has 2 rings (SSSR count). The maximum atomic E-state index is 11.5. The molecule has 88 valence electrons. The number of nitrogens with zero attached hydrogens (tertiary/aromatic N) is 2. The number of alkyl halides is 1. The summed E-state index contributed by atoms with van der Waals surface area (Å²) in [5.41, 5.74) is -0.0479. The largest absolute Gasteiger partial charge is 0.356 e. The second-order valence-corrected chi connectivity index (χ2v) is 5.68. The van der Waals surface area contributed by atoms with Gasteiger partial charge in [0.05, 0.1) is 6.33 Å². The number of nitrogens with one attached hydrogen (secondary N) is 1. The molecular weight excluding hydrogens is 385 g/mol. The van der Waals surface area contributed by atoms with Crippen molar-refractivity contribution in [1.29, 1.82) is 0 Å². The second-order valence-electron chi connectivity index (χ2n) is 3.95. The molecule has 1 aromatic heterocycles. The molecule has 1 aliphatic heterocycles. The molecule has 6 heteroatoms. The monoisotopic (exact) mass is 397 g/mol. The van der Waals surface area contributed by atoms with Crippen LogP contribution in [0.5, 0.6) is 0 Å². The molecule has 0 bridgehead atoms. The van der Waals surface area contributed by atoms with Gasteiger partial charge in [-0.05, 0) is 41.4 Å². The summed E-state index contributed by atoms with van der Waals surface area (Å²) in [6.07, 6.45) is 3.81. The number of aromatic nitrogens is 2. The molecule has 0 amide bonds. The average molecular weight is 398 g/mol. The molecule has 0 radical (unpaired) electrons. The van der Waals surface area contributed by atoms with Gasteiger partial charge in [0, 0.05) is 18.4 Å². The van der Waals surface area contributed by atoms with E-state index in [1.54, 1.807) is 0 Å². The van der Waals surface area contributed by atoms with Crippen LogP contribution in [0.4, 0.5) is 5.82 Å². The molecule has 2 heterocycles. The van der Waals surface area contributed by atoms with Crippen LogP contribution in [-0.2, 0) is 0 Å². The van der Waals surface area contributed by atoms with E-state index in [1.165, 1.54) is 6.33 Å². The lowest BCUT2D eigenvalue weighted by molar-refractivity contribution is 0.444. The van der Waals surface area contributed by atoms with Gasteiger partial charge in [-0.1, -0.05) is 15.9 Å². The fourth-order valence-electron chi connectivity index (χ4n) is 1.89. The molecule has 0 aliphatic carbocycles. The summed E-state index contributed by atoms with van der Waals surface area (Å²) in [6, 6.07) is 0. The van der Waals surface area contributed by atoms with E-state index in [9.17, 15) is 4.79 Å². The van der Waals surface area contributed by atoms with E-state index in [-0.39, 0.29) is 5.56 Å². The Kier molecular flexibility index (Phi) is 4.23. The van der Waals surface area contributed by atoms with Crippen LogP contribution < -0.4 is 10.5 Å². The van der Waals surface area contributed by atoms with Gasteiger partial charge in [0.25, 0.3) is 5.56 Å². The van der Waals surface area contributed by atoms with Crippen LogP contribution in [0, 0.1) is 9.49 Å². The van der Waals surface area contributed by atoms with E-state index in [0.29, 0.717) is 3.57 Å². The number of piperidine rings is 1. The molecule has 0 atom stereocenters. The molecule has 0 aromatic carbocycles. The van der Waals surface area contributed by atoms with Gasteiger partial charge >= 0.3 is 0 Å². The lowest BCUT2D eigenvalue weighted by Gasteiger charge is -2.32. The lowest BCUT2D eigenvalue weighted by Crippen LogP contribution is -2.36. The summed E-state index contributed by atoms with van der Waals surface area (Å²) < 4.78 is 0.692. The third-order valence-corrected chi connectivity index (χ3v) is 4.80. The van der Waals surface area contributed by atoms with Crippen molar-refractivity contribution in [2.24, 2.45) is 5.92 Å². The van der Waals surface area contributed by atoms with Crippen LogP contribution in [0.1, 0.15) is 12.8 Å². The fourth-order valence-corrected chi connectivity index (χ4v) is 3.18. The highest BCUT2D eigenvalue weighted by Crippen LogP contribution is 2.24. The van der Waals surface area contributed by atoms with Crippen LogP contribution in [0.15, 0.2) is 11.1 Å². The van der Waals surface area contributed by atoms with Crippen LogP contribution in [-0.4, -0.2) is 28.4 Å². The molecule has 1 aliphatic rings. The van der Waals surface area contributed by atoms with Crippen LogP contribution in [0.3, 0.4) is 0 Å². The number of rotatable bonds is 2. The summed E-state index contributed by atoms with van der Waals surface area (Å²) in [5, 5.41) is 1.07. The standard InChI is InChI=1S/C10H13BrIN3O/c11-5-7-1-3-15(4-2-7)9-8(12)10(16)14-6-13-9/h6-7H,1-5H2,(H,13,14,16). The molecule has 1 saturated heterocycles. The van der Waals surface area contributed by atoms with Crippen molar-refractivity contribution < 1.29 is 0 Å². The minimum atomic E-state index is -0.0479.